The number of rotatable bonds is 6. The van der Waals surface area contributed by atoms with Crippen molar-refractivity contribution < 1.29 is 4.79 Å². The Hall–Kier alpha value is -2.38. The van der Waals surface area contributed by atoms with E-state index in [1.807, 2.05) is 6.92 Å². The van der Waals surface area contributed by atoms with Gasteiger partial charge < -0.3 is 9.88 Å². The SMILES string of the molecule is CCCn1c(=O)c2[nH]c(C34CC5CC(CC3C5)C4)nc2n(CCN(C)C(C)=O)c1=O. The fraction of sp³-hybridized carbons (Fsp3) is 0.727. The molecule has 4 aliphatic carbocycles. The van der Waals surface area contributed by atoms with Gasteiger partial charge in [0.05, 0.1) is 0 Å². The molecule has 2 aromatic rings. The summed E-state index contributed by atoms with van der Waals surface area (Å²) in [6.45, 7) is 4.56. The first-order valence-electron chi connectivity index (χ1n) is 11.3. The summed E-state index contributed by atoms with van der Waals surface area (Å²) in [5.74, 6) is 3.05. The second-order valence-corrected chi connectivity index (χ2v) is 9.82. The van der Waals surface area contributed by atoms with Crippen LogP contribution in [-0.4, -0.2) is 43.5 Å². The van der Waals surface area contributed by atoms with Crippen LogP contribution in [0.3, 0.4) is 0 Å². The van der Waals surface area contributed by atoms with Crippen molar-refractivity contribution in [3.8, 4) is 0 Å². The number of carbonyl (C=O) groups excluding carboxylic acids is 1. The third-order valence-corrected chi connectivity index (χ3v) is 7.97. The zero-order valence-electron chi connectivity index (χ0n) is 18.1. The van der Waals surface area contributed by atoms with E-state index in [1.165, 1.54) is 30.8 Å². The molecule has 4 aliphatic rings. The highest BCUT2D eigenvalue weighted by Gasteiger charge is 2.59. The van der Waals surface area contributed by atoms with E-state index in [9.17, 15) is 14.4 Å². The molecule has 2 aromatic heterocycles. The predicted molar refractivity (Wildman–Crippen MR) is 113 cm³/mol. The molecule has 0 aliphatic heterocycles. The number of aromatic amines is 1. The Morgan fingerprint density at radius 2 is 1.87 bits per heavy atom. The number of amides is 1. The Kier molecular flexibility index (Phi) is 4.45. The first-order valence-corrected chi connectivity index (χ1v) is 11.3. The van der Waals surface area contributed by atoms with Crippen molar-refractivity contribution in [1.29, 1.82) is 0 Å². The van der Waals surface area contributed by atoms with Gasteiger partial charge in [0.2, 0.25) is 5.91 Å². The number of fused-ring (bicyclic) bond motifs is 1. The molecular formula is C22H31N5O3. The van der Waals surface area contributed by atoms with Crippen LogP contribution in [0.25, 0.3) is 11.2 Å². The molecule has 4 fully saturated rings. The Morgan fingerprint density at radius 3 is 2.50 bits per heavy atom. The average Bonchev–Trinajstić information content (AvgIpc) is 3.32. The number of hydrogen-bond acceptors (Lipinski definition) is 4. The van der Waals surface area contributed by atoms with Crippen LogP contribution in [0.4, 0.5) is 0 Å². The van der Waals surface area contributed by atoms with E-state index in [2.05, 4.69) is 4.98 Å². The number of imidazole rings is 1. The molecule has 8 nitrogen and oxygen atoms in total. The zero-order valence-corrected chi connectivity index (χ0v) is 18.1. The van der Waals surface area contributed by atoms with Crippen LogP contribution in [0.15, 0.2) is 9.59 Å². The maximum atomic E-state index is 13.2. The quantitative estimate of drug-likeness (QED) is 0.782. The monoisotopic (exact) mass is 413 g/mol. The highest BCUT2D eigenvalue weighted by Crippen LogP contribution is 2.65. The second kappa shape index (κ2) is 6.82. The van der Waals surface area contributed by atoms with Crippen molar-refractivity contribution in [3.63, 3.8) is 0 Å². The summed E-state index contributed by atoms with van der Waals surface area (Å²) < 4.78 is 2.90. The van der Waals surface area contributed by atoms with Gasteiger partial charge in [0.1, 0.15) is 11.3 Å². The molecule has 0 saturated heterocycles. The molecule has 1 amide bonds. The second-order valence-electron chi connectivity index (χ2n) is 9.82. The van der Waals surface area contributed by atoms with Crippen LogP contribution >= 0.6 is 0 Å². The Balaban J connectivity index is 1.64. The average molecular weight is 414 g/mol. The Morgan fingerprint density at radius 1 is 1.17 bits per heavy atom. The standard InChI is InChI=1S/C22H31N5O3/c1-4-5-27-19(29)17-18(26(21(27)30)7-6-25(3)13(2)28)24-20(23-17)22-11-14-8-15(12-22)10-16(22)9-14/h14-16H,4-12H2,1-3H3,(H,23,24). The largest absolute Gasteiger partial charge is 0.344 e. The van der Waals surface area contributed by atoms with Crippen molar-refractivity contribution >= 4 is 17.1 Å². The smallest absolute Gasteiger partial charge is 0.332 e. The normalized spacial score (nSPS) is 29.2. The first-order chi connectivity index (χ1) is 14.3. The lowest BCUT2D eigenvalue weighted by Gasteiger charge is -2.30. The van der Waals surface area contributed by atoms with E-state index in [1.54, 1.807) is 16.5 Å². The van der Waals surface area contributed by atoms with Crippen molar-refractivity contribution in [2.24, 2.45) is 17.8 Å². The molecule has 162 valence electrons. The van der Waals surface area contributed by atoms with Crippen LogP contribution in [0, 0.1) is 17.8 Å². The summed E-state index contributed by atoms with van der Waals surface area (Å²) in [5, 5.41) is 0. The van der Waals surface area contributed by atoms with E-state index in [0.29, 0.717) is 43.1 Å². The molecule has 2 atom stereocenters. The maximum absolute atomic E-state index is 13.2. The minimum absolute atomic E-state index is 0.0473. The van der Waals surface area contributed by atoms with Crippen LogP contribution in [0.5, 0.6) is 0 Å². The summed E-state index contributed by atoms with van der Waals surface area (Å²) in [5.41, 5.74) is 0.320. The third-order valence-electron chi connectivity index (χ3n) is 7.97. The fourth-order valence-electron chi connectivity index (χ4n) is 6.62. The first kappa shape index (κ1) is 19.6. The number of H-pyrrole nitrogens is 1. The minimum Gasteiger partial charge on any atom is -0.344 e. The van der Waals surface area contributed by atoms with Crippen molar-refractivity contribution in [3.05, 3.63) is 26.7 Å². The van der Waals surface area contributed by atoms with E-state index in [-0.39, 0.29) is 22.6 Å². The van der Waals surface area contributed by atoms with Crippen LogP contribution in [-0.2, 0) is 23.3 Å². The molecule has 1 N–H and O–H groups in total. The van der Waals surface area contributed by atoms with Crippen molar-refractivity contribution in [1.82, 2.24) is 24.0 Å². The zero-order chi connectivity index (χ0) is 21.2. The van der Waals surface area contributed by atoms with Gasteiger partial charge in [-0.05, 0) is 56.3 Å². The van der Waals surface area contributed by atoms with Gasteiger partial charge in [0.25, 0.3) is 5.56 Å². The fourth-order valence-corrected chi connectivity index (χ4v) is 6.62. The molecule has 2 unspecified atom stereocenters. The number of carbonyl (C=O) groups is 1. The molecule has 0 radical (unpaired) electrons. The van der Waals surface area contributed by atoms with Gasteiger partial charge in [0, 0.05) is 39.0 Å². The van der Waals surface area contributed by atoms with Gasteiger partial charge in [-0.25, -0.2) is 9.78 Å². The van der Waals surface area contributed by atoms with Crippen molar-refractivity contribution in [2.45, 2.75) is 70.9 Å². The van der Waals surface area contributed by atoms with Gasteiger partial charge in [0.15, 0.2) is 5.65 Å². The lowest BCUT2D eigenvalue weighted by Crippen LogP contribution is -2.42. The molecule has 0 spiro atoms. The highest BCUT2D eigenvalue weighted by molar-refractivity contribution is 5.73. The molecule has 0 aromatic carbocycles. The molecule has 2 heterocycles. The van der Waals surface area contributed by atoms with E-state index in [4.69, 9.17) is 4.98 Å². The van der Waals surface area contributed by atoms with E-state index in [0.717, 1.165) is 30.5 Å². The lowest BCUT2D eigenvalue weighted by molar-refractivity contribution is -0.127. The number of likely N-dealkylation sites (N-methyl/N-ethyl adjacent to an activating group) is 1. The molecule has 4 bridgehead atoms. The molecule has 30 heavy (non-hydrogen) atoms. The van der Waals surface area contributed by atoms with Crippen LogP contribution < -0.4 is 11.2 Å². The molecular weight excluding hydrogens is 382 g/mol. The predicted octanol–water partition coefficient (Wildman–Crippen LogP) is 1.85. The summed E-state index contributed by atoms with van der Waals surface area (Å²) in [6.07, 6.45) is 6.87. The molecule has 8 heteroatoms. The van der Waals surface area contributed by atoms with E-state index >= 15 is 0 Å². The number of aromatic nitrogens is 4. The van der Waals surface area contributed by atoms with Crippen LogP contribution in [0.2, 0.25) is 0 Å². The van der Waals surface area contributed by atoms with Gasteiger partial charge in [-0.1, -0.05) is 6.92 Å². The van der Waals surface area contributed by atoms with Crippen LogP contribution in [0.1, 0.15) is 58.2 Å². The Labute approximate surface area is 175 Å². The third kappa shape index (κ3) is 2.72. The van der Waals surface area contributed by atoms with Gasteiger partial charge in [-0.3, -0.25) is 18.7 Å². The molecule has 4 saturated carbocycles. The van der Waals surface area contributed by atoms with E-state index < -0.39 is 0 Å². The summed E-state index contributed by atoms with van der Waals surface area (Å²) in [4.78, 5) is 47.8. The van der Waals surface area contributed by atoms with Gasteiger partial charge in [-0.2, -0.15) is 0 Å². The van der Waals surface area contributed by atoms with Gasteiger partial charge >= 0.3 is 5.69 Å². The summed E-state index contributed by atoms with van der Waals surface area (Å²) in [7, 11) is 1.72. The van der Waals surface area contributed by atoms with Gasteiger partial charge in [-0.15, -0.1) is 0 Å². The summed E-state index contributed by atoms with van der Waals surface area (Å²) in [6, 6.07) is 0. The number of nitrogens with one attached hydrogen (secondary N) is 1. The maximum Gasteiger partial charge on any atom is 0.332 e. The highest BCUT2D eigenvalue weighted by atomic mass is 16.2. The van der Waals surface area contributed by atoms with Crippen molar-refractivity contribution in [2.75, 3.05) is 13.6 Å². The minimum atomic E-state index is -0.334. The number of nitrogens with zero attached hydrogens (tertiary/aromatic N) is 4. The molecule has 6 rings (SSSR count). The summed E-state index contributed by atoms with van der Waals surface area (Å²) >= 11 is 0. The lowest BCUT2D eigenvalue weighted by atomic mass is 9.75. The topological polar surface area (TPSA) is 93.0 Å². The Bertz CT molecular complexity index is 1110. The number of hydrogen-bond donors (Lipinski definition) is 1.